The summed E-state index contributed by atoms with van der Waals surface area (Å²) in [5.41, 5.74) is 2.99. The number of aromatic nitrogens is 2. The van der Waals surface area contributed by atoms with Gasteiger partial charge >= 0.3 is 0 Å². The summed E-state index contributed by atoms with van der Waals surface area (Å²) < 4.78 is 15.5. The van der Waals surface area contributed by atoms with Crippen molar-refractivity contribution in [2.75, 3.05) is 0 Å². The molecule has 2 aromatic carbocycles. The lowest BCUT2D eigenvalue weighted by Crippen LogP contribution is -2.01. The van der Waals surface area contributed by atoms with Crippen molar-refractivity contribution in [3.63, 3.8) is 0 Å². The van der Waals surface area contributed by atoms with E-state index in [-0.39, 0.29) is 5.82 Å². The molecule has 0 radical (unpaired) electrons. The molecule has 2 unspecified atom stereocenters. The van der Waals surface area contributed by atoms with Crippen molar-refractivity contribution in [3.8, 4) is 0 Å². The summed E-state index contributed by atoms with van der Waals surface area (Å²) in [4.78, 5) is 4.47. The third kappa shape index (κ3) is 2.12. The third-order valence-electron chi connectivity index (χ3n) is 4.16. The topological polar surface area (TPSA) is 17.8 Å². The molecule has 0 N–H and O–H groups in total. The van der Waals surface area contributed by atoms with Gasteiger partial charge in [-0.25, -0.2) is 9.37 Å². The summed E-state index contributed by atoms with van der Waals surface area (Å²) >= 11 is 6.03. The zero-order valence-electron chi connectivity index (χ0n) is 11.3. The summed E-state index contributed by atoms with van der Waals surface area (Å²) in [5.74, 6) is 1.40. The van der Waals surface area contributed by atoms with E-state index in [0.29, 0.717) is 23.4 Å². The van der Waals surface area contributed by atoms with Crippen LogP contribution in [-0.4, -0.2) is 9.55 Å². The lowest BCUT2D eigenvalue weighted by Gasteiger charge is -2.07. The van der Waals surface area contributed by atoms with Gasteiger partial charge in [-0.2, -0.15) is 0 Å². The smallest absolute Gasteiger partial charge is 0.125 e. The molecule has 1 fully saturated rings. The molecule has 0 aliphatic heterocycles. The van der Waals surface area contributed by atoms with Gasteiger partial charge in [0.1, 0.15) is 11.6 Å². The van der Waals surface area contributed by atoms with Crippen LogP contribution in [0.2, 0.25) is 0 Å². The molecule has 1 heterocycles. The molecule has 0 spiro atoms. The van der Waals surface area contributed by atoms with Crippen molar-refractivity contribution >= 4 is 22.6 Å². The quantitative estimate of drug-likeness (QED) is 0.644. The van der Waals surface area contributed by atoms with Crippen molar-refractivity contribution in [2.24, 2.45) is 0 Å². The van der Waals surface area contributed by atoms with E-state index in [0.717, 1.165) is 17.8 Å². The standard InChI is InChI=1S/C17H14ClFN2/c18-10-17-20-14-8-12(19)6-7-15(14)21(17)16-9-13(16)11-4-2-1-3-5-11/h1-8,13,16H,9-10H2. The summed E-state index contributed by atoms with van der Waals surface area (Å²) in [6.07, 6.45) is 1.08. The van der Waals surface area contributed by atoms with Crippen molar-refractivity contribution in [1.82, 2.24) is 9.55 Å². The van der Waals surface area contributed by atoms with Crippen molar-refractivity contribution < 1.29 is 4.39 Å². The van der Waals surface area contributed by atoms with Gasteiger partial charge in [0.15, 0.2) is 0 Å². The van der Waals surface area contributed by atoms with Crippen LogP contribution in [0.4, 0.5) is 4.39 Å². The van der Waals surface area contributed by atoms with Crippen LogP contribution in [0.5, 0.6) is 0 Å². The Bertz CT molecular complexity index is 797. The van der Waals surface area contributed by atoms with Crippen LogP contribution >= 0.6 is 11.6 Å². The number of fused-ring (bicyclic) bond motifs is 1. The second-order valence-electron chi connectivity index (χ2n) is 5.48. The molecule has 0 bridgehead atoms. The Hall–Kier alpha value is -1.87. The van der Waals surface area contributed by atoms with Crippen molar-refractivity contribution in [1.29, 1.82) is 0 Å². The number of hydrogen-bond donors (Lipinski definition) is 0. The van der Waals surface area contributed by atoms with Crippen LogP contribution in [0.25, 0.3) is 11.0 Å². The van der Waals surface area contributed by atoms with Crippen LogP contribution in [0.1, 0.15) is 29.8 Å². The second kappa shape index (κ2) is 4.85. The van der Waals surface area contributed by atoms with Crippen LogP contribution in [0, 0.1) is 5.82 Å². The van der Waals surface area contributed by atoms with E-state index in [1.165, 1.54) is 17.7 Å². The Labute approximate surface area is 127 Å². The van der Waals surface area contributed by atoms with E-state index in [9.17, 15) is 4.39 Å². The molecule has 0 amide bonds. The van der Waals surface area contributed by atoms with E-state index in [4.69, 9.17) is 11.6 Å². The molecule has 0 saturated heterocycles. The molecule has 1 aromatic heterocycles. The Balaban J connectivity index is 1.77. The minimum absolute atomic E-state index is 0.260. The number of halogens is 2. The van der Waals surface area contributed by atoms with Crippen molar-refractivity contribution in [3.05, 3.63) is 65.7 Å². The first-order valence-electron chi connectivity index (χ1n) is 7.05. The molecule has 3 aromatic rings. The van der Waals surface area contributed by atoms with E-state index in [2.05, 4.69) is 33.8 Å². The average Bonchev–Trinajstić information content (AvgIpc) is 3.22. The molecular weight excluding hydrogens is 287 g/mol. The minimum Gasteiger partial charge on any atom is -0.323 e. The SMILES string of the molecule is Fc1ccc2c(c1)nc(CCl)n2C1CC1c1ccccc1. The van der Waals surface area contributed by atoms with Gasteiger partial charge in [0.05, 0.1) is 16.9 Å². The highest BCUT2D eigenvalue weighted by molar-refractivity contribution is 6.16. The van der Waals surface area contributed by atoms with Crippen LogP contribution in [0.15, 0.2) is 48.5 Å². The van der Waals surface area contributed by atoms with E-state index in [1.54, 1.807) is 6.07 Å². The molecular formula is C17H14ClFN2. The molecule has 4 rings (SSSR count). The number of rotatable bonds is 3. The largest absolute Gasteiger partial charge is 0.323 e. The van der Waals surface area contributed by atoms with Crippen LogP contribution in [0.3, 0.4) is 0 Å². The fourth-order valence-corrected chi connectivity index (χ4v) is 3.30. The lowest BCUT2D eigenvalue weighted by molar-refractivity contribution is 0.629. The second-order valence-corrected chi connectivity index (χ2v) is 5.75. The number of imidazole rings is 1. The van der Waals surface area contributed by atoms with E-state index in [1.807, 2.05) is 6.07 Å². The highest BCUT2D eigenvalue weighted by atomic mass is 35.5. The average molecular weight is 301 g/mol. The predicted molar refractivity (Wildman–Crippen MR) is 82.1 cm³/mol. The zero-order valence-corrected chi connectivity index (χ0v) is 12.1. The molecule has 1 aliphatic carbocycles. The van der Waals surface area contributed by atoms with Gasteiger partial charge in [0.25, 0.3) is 0 Å². The van der Waals surface area contributed by atoms with Gasteiger partial charge in [0, 0.05) is 18.0 Å². The molecule has 1 aliphatic rings. The number of hydrogen-bond acceptors (Lipinski definition) is 1. The predicted octanol–water partition coefficient (Wildman–Crippen LogP) is 4.64. The summed E-state index contributed by atoms with van der Waals surface area (Å²) in [6.45, 7) is 0. The number of benzene rings is 2. The molecule has 2 atom stereocenters. The normalized spacial score (nSPS) is 20.9. The lowest BCUT2D eigenvalue weighted by atomic mass is 10.1. The molecule has 21 heavy (non-hydrogen) atoms. The first kappa shape index (κ1) is 12.8. The third-order valence-corrected chi connectivity index (χ3v) is 4.40. The molecule has 2 nitrogen and oxygen atoms in total. The maximum absolute atomic E-state index is 13.4. The first-order chi connectivity index (χ1) is 10.3. The zero-order chi connectivity index (χ0) is 14.4. The van der Waals surface area contributed by atoms with Gasteiger partial charge < -0.3 is 4.57 Å². The molecule has 106 valence electrons. The highest BCUT2D eigenvalue weighted by Crippen LogP contribution is 2.52. The fourth-order valence-electron chi connectivity index (χ4n) is 3.11. The van der Waals surface area contributed by atoms with Gasteiger partial charge in [-0.15, -0.1) is 11.6 Å². The Morgan fingerprint density at radius 2 is 2.00 bits per heavy atom. The highest BCUT2D eigenvalue weighted by Gasteiger charge is 2.41. The van der Waals surface area contributed by atoms with E-state index < -0.39 is 0 Å². The minimum atomic E-state index is -0.260. The van der Waals surface area contributed by atoms with Gasteiger partial charge in [-0.3, -0.25) is 0 Å². The summed E-state index contributed by atoms with van der Waals surface area (Å²) in [6, 6.07) is 15.6. The van der Waals surface area contributed by atoms with Crippen LogP contribution in [-0.2, 0) is 5.88 Å². The summed E-state index contributed by atoms with van der Waals surface area (Å²) in [7, 11) is 0. The maximum atomic E-state index is 13.4. The monoisotopic (exact) mass is 300 g/mol. The number of alkyl halides is 1. The van der Waals surface area contributed by atoms with Gasteiger partial charge in [0.2, 0.25) is 0 Å². The molecule has 4 heteroatoms. The maximum Gasteiger partial charge on any atom is 0.125 e. The number of nitrogens with zero attached hydrogens (tertiary/aromatic N) is 2. The molecule has 1 saturated carbocycles. The van der Waals surface area contributed by atoms with E-state index >= 15 is 0 Å². The Morgan fingerprint density at radius 3 is 2.76 bits per heavy atom. The summed E-state index contributed by atoms with van der Waals surface area (Å²) in [5, 5.41) is 0. The van der Waals surface area contributed by atoms with Gasteiger partial charge in [-0.1, -0.05) is 30.3 Å². The van der Waals surface area contributed by atoms with Gasteiger partial charge in [-0.05, 0) is 24.1 Å². The fraction of sp³-hybridized carbons (Fsp3) is 0.235. The Morgan fingerprint density at radius 1 is 1.19 bits per heavy atom. The van der Waals surface area contributed by atoms with Crippen LogP contribution < -0.4 is 0 Å². The Kier molecular flexibility index (Phi) is 2.96. The first-order valence-corrected chi connectivity index (χ1v) is 7.58. The van der Waals surface area contributed by atoms with Crippen molar-refractivity contribution in [2.45, 2.75) is 24.3 Å².